The lowest BCUT2D eigenvalue weighted by Crippen LogP contribution is -2.48. The maximum absolute atomic E-state index is 13.7. The number of fused-ring (bicyclic) bond motifs is 2. The number of allylic oxidation sites excluding steroid dienone is 1. The molecule has 6 rings (SSSR count). The number of amidine groups is 1. The van der Waals surface area contributed by atoms with Crippen molar-refractivity contribution in [2.75, 3.05) is 51.8 Å². The standard InChI is InChI=1S/C30H34FN7O2/c1-4-26(35-29(19(2)20-8-14-40-18-20)37-12-10-36(3)11-13-37)34-24-6-5-22(23-16-33-30(39)28(23)24)25-17-32-27-15-21(31)7-9-38(25)27/h4-7,9,15,17,20,34H,2,8,10-14,16,18H2,1,3H3,(H,33,39)/b26-4-,35-29+/t20-/m0/s1. The van der Waals surface area contributed by atoms with E-state index in [1.807, 2.05) is 29.5 Å². The fraction of sp³-hybridized carbons (Fsp3) is 0.367. The number of likely N-dealkylation sites (N-methyl/N-ethyl adjacent to an activating group) is 1. The van der Waals surface area contributed by atoms with E-state index in [-0.39, 0.29) is 17.6 Å². The number of aliphatic imine (C=N–C) groups is 1. The van der Waals surface area contributed by atoms with E-state index in [4.69, 9.17) is 9.73 Å². The molecule has 2 aromatic heterocycles. The van der Waals surface area contributed by atoms with Crippen LogP contribution in [0.5, 0.6) is 0 Å². The molecule has 3 aliphatic heterocycles. The van der Waals surface area contributed by atoms with Gasteiger partial charge in [0.05, 0.1) is 29.7 Å². The van der Waals surface area contributed by atoms with E-state index in [9.17, 15) is 9.18 Å². The Morgan fingerprint density at radius 1 is 1.27 bits per heavy atom. The largest absolute Gasteiger partial charge is 0.381 e. The molecule has 208 valence electrons. The average Bonchev–Trinajstić information content (AvgIpc) is 3.72. The number of hydrogen-bond acceptors (Lipinski definition) is 6. The van der Waals surface area contributed by atoms with Gasteiger partial charge in [-0.2, -0.15) is 0 Å². The first-order valence-electron chi connectivity index (χ1n) is 13.7. The Balaban J connectivity index is 1.34. The summed E-state index contributed by atoms with van der Waals surface area (Å²) in [6.07, 6.45) is 6.23. The van der Waals surface area contributed by atoms with Crippen molar-refractivity contribution in [1.82, 2.24) is 24.5 Å². The summed E-state index contributed by atoms with van der Waals surface area (Å²) in [5.41, 5.74) is 5.30. The van der Waals surface area contributed by atoms with E-state index in [0.717, 1.165) is 67.4 Å². The highest BCUT2D eigenvalue weighted by Crippen LogP contribution is 2.35. The molecular weight excluding hydrogens is 509 g/mol. The first-order valence-corrected chi connectivity index (χ1v) is 13.7. The Morgan fingerprint density at radius 2 is 2.10 bits per heavy atom. The molecule has 3 aliphatic rings. The lowest BCUT2D eigenvalue weighted by molar-refractivity contribution is 0.0966. The molecule has 0 spiro atoms. The van der Waals surface area contributed by atoms with E-state index < -0.39 is 0 Å². The number of carbonyl (C=O) groups is 1. The van der Waals surface area contributed by atoms with Crippen LogP contribution in [-0.4, -0.2) is 77.4 Å². The van der Waals surface area contributed by atoms with Crippen LogP contribution < -0.4 is 10.6 Å². The number of aromatic nitrogens is 2. The molecule has 3 aromatic rings. The maximum Gasteiger partial charge on any atom is 0.254 e. The Morgan fingerprint density at radius 3 is 2.85 bits per heavy atom. The van der Waals surface area contributed by atoms with Gasteiger partial charge in [-0.25, -0.2) is 14.4 Å². The van der Waals surface area contributed by atoms with Crippen molar-refractivity contribution in [3.63, 3.8) is 0 Å². The molecule has 40 heavy (non-hydrogen) atoms. The number of ether oxygens (including phenoxy) is 1. The number of halogens is 1. The second-order valence-electron chi connectivity index (χ2n) is 10.5. The number of rotatable bonds is 6. The van der Waals surface area contributed by atoms with Crippen molar-refractivity contribution < 1.29 is 13.9 Å². The van der Waals surface area contributed by atoms with Gasteiger partial charge in [0.2, 0.25) is 0 Å². The van der Waals surface area contributed by atoms with Gasteiger partial charge >= 0.3 is 0 Å². The van der Waals surface area contributed by atoms with E-state index in [1.165, 1.54) is 12.1 Å². The van der Waals surface area contributed by atoms with E-state index in [1.54, 1.807) is 12.4 Å². The fourth-order valence-electron chi connectivity index (χ4n) is 5.62. The van der Waals surface area contributed by atoms with Crippen molar-refractivity contribution >= 4 is 23.1 Å². The molecule has 2 saturated heterocycles. The number of benzene rings is 1. The van der Waals surface area contributed by atoms with Crippen molar-refractivity contribution in [2.45, 2.75) is 19.9 Å². The third-order valence-electron chi connectivity index (χ3n) is 7.99. The van der Waals surface area contributed by atoms with Crippen LogP contribution in [0.1, 0.15) is 29.3 Å². The number of nitrogens with one attached hydrogen (secondary N) is 2. The number of carbonyl (C=O) groups excluding carboxylic acids is 1. The highest BCUT2D eigenvalue weighted by Gasteiger charge is 2.29. The van der Waals surface area contributed by atoms with Crippen LogP contribution >= 0.6 is 0 Å². The van der Waals surface area contributed by atoms with Crippen molar-refractivity contribution in [3.05, 3.63) is 77.7 Å². The van der Waals surface area contributed by atoms with Gasteiger partial charge in [0, 0.05) is 63.1 Å². The Kier molecular flexibility index (Phi) is 7.12. The highest BCUT2D eigenvalue weighted by atomic mass is 19.1. The zero-order valence-corrected chi connectivity index (χ0v) is 22.9. The summed E-state index contributed by atoms with van der Waals surface area (Å²) in [6.45, 7) is 11.8. The van der Waals surface area contributed by atoms with E-state index in [0.29, 0.717) is 35.9 Å². The average molecular weight is 544 g/mol. The summed E-state index contributed by atoms with van der Waals surface area (Å²) >= 11 is 0. The molecule has 0 aliphatic carbocycles. The number of anilines is 1. The van der Waals surface area contributed by atoms with Crippen LogP contribution in [0.25, 0.3) is 16.9 Å². The van der Waals surface area contributed by atoms with Gasteiger partial charge in [-0.1, -0.05) is 12.6 Å². The summed E-state index contributed by atoms with van der Waals surface area (Å²) in [5, 5.41) is 6.40. The normalized spacial score (nSPS) is 20.2. The van der Waals surface area contributed by atoms with Crippen LogP contribution in [-0.2, 0) is 11.3 Å². The van der Waals surface area contributed by atoms with Gasteiger partial charge in [0.25, 0.3) is 5.91 Å². The number of pyridine rings is 1. The first-order chi connectivity index (χ1) is 19.4. The van der Waals surface area contributed by atoms with Crippen LogP contribution in [0, 0.1) is 11.7 Å². The summed E-state index contributed by atoms with van der Waals surface area (Å²) in [7, 11) is 2.13. The summed E-state index contributed by atoms with van der Waals surface area (Å²) in [6, 6.07) is 6.66. The molecule has 1 amide bonds. The molecule has 1 aromatic carbocycles. The number of imidazole rings is 1. The summed E-state index contributed by atoms with van der Waals surface area (Å²) < 4.78 is 21.2. The molecule has 10 heteroatoms. The monoisotopic (exact) mass is 543 g/mol. The number of amides is 1. The molecule has 0 unspecified atom stereocenters. The van der Waals surface area contributed by atoms with Crippen LogP contribution in [0.3, 0.4) is 0 Å². The molecule has 2 N–H and O–H groups in total. The minimum Gasteiger partial charge on any atom is -0.381 e. The smallest absolute Gasteiger partial charge is 0.254 e. The summed E-state index contributed by atoms with van der Waals surface area (Å²) in [5.74, 6) is 1.27. The van der Waals surface area contributed by atoms with Gasteiger partial charge in [-0.15, -0.1) is 0 Å². The van der Waals surface area contributed by atoms with Gasteiger partial charge in [-0.3, -0.25) is 9.20 Å². The third-order valence-corrected chi connectivity index (χ3v) is 7.99. The minimum absolute atomic E-state index is 0.148. The minimum atomic E-state index is -0.343. The molecule has 0 bridgehead atoms. The second-order valence-corrected chi connectivity index (χ2v) is 10.5. The van der Waals surface area contributed by atoms with Gasteiger partial charge in [0.15, 0.2) is 0 Å². The molecule has 1 atom stereocenters. The Labute approximate surface area is 233 Å². The highest BCUT2D eigenvalue weighted by molar-refractivity contribution is 6.06. The molecule has 5 heterocycles. The van der Waals surface area contributed by atoms with Crippen LogP contribution in [0.15, 0.2) is 65.7 Å². The van der Waals surface area contributed by atoms with Crippen molar-refractivity contribution in [1.29, 1.82) is 0 Å². The first kappa shape index (κ1) is 26.2. The topological polar surface area (TPSA) is 86.5 Å². The maximum atomic E-state index is 13.7. The van der Waals surface area contributed by atoms with E-state index >= 15 is 0 Å². The van der Waals surface area contributed by atoms with Crippen LogP contribution in [0.4, 0.5) is 10.1 Å². The predicted octanol–water partition coefficient (Wildman–Crippen LogP) is 3.90. The number of nitrogens with zero attached hydrogens (tertiary/aromatic N) is 5. The SMILES string of the molecule is C=C(/C(=N\C(=C/C)Nc1ccc(-c2cnc3cc(F)ccn23)c2c1C(=O)NC2)N1CCN(C)CC1)[C@H]1CCOC1. The Bertz CT molecular complexity index is 1530. The van der Waals surface area contributed by atoms with Gasteiger partial charge in [0.1, 0.15) is 23.1 Å². The molecule has 2 fully saturated rings. The predicted molar refractivity (Wildman–Crippen MR) is 154 cm³/mol. The third kappa shape index (κ3) is 4.89. The van der Waals surface area contributed by atoms with Gasteiger partial charge in [-0.05, 0) is 49.7 Å². The fourth-order valence-corrected chi connectivity index (χ4v) is 5.62. The zero-order valence-electron chi connectivity index (χ0n) is 22.9. The quantitative estimate of drug-likeness (QED) is 0.363. The lowest BCUT2D eigenvalue weighted by atomic mass is 9.98. The molecule has 0 radical (unpaired) electrons. The van der Waals surface area contributed by atoms with Gasteiger partial charge < -0.3 is 25.2 Å². The molecule has 9 nitrogen and oxygen atoms in total. The number of piperazine rings is 1. The molecular formula is C30H34FN7O2. The molecule has 0 saturated carbocycles. The second kappa shape index (κ2) is 10.9. The number of hydrogen-bond donors (Lipinski definition) is 2. The van der Waals surface area contributed by atoms with E-state index in [2.05, 4.69) is 39.0 Å². The van der Waals surface area contributed by atoms with Crippen molar-refractivity contribution in [2.24, 2.45) is 10.9 Å². The summed E-state index contributed by atoms with van der Waals surface area (Å²) in [4.78, 5) is 27.1. The van der Waals surface area contributed by atoms with Crippen LogP contribution in [0.2, 0.25) is 0 Å². The van der Waals surface area contributed by atoms with Crippen molar-refractivity contribution in [3.8, 4) is 11.3 Å². The lowest BCUT2D eigenvalue weighted by Gasteiger charge is -2.36. The zero-order chi connectivity index (χ0) is 27.8. The Hall–Kier alpha value is -4.02.